The number of rotatable bonds is 4. The first kappa shape index (κ1) is 18.7. The number of aryl methyl sites for hydroxylation is 1. The summed E-state index contributed by atoms with van der Waals surface area (Å²) in [7, 11) is 3.83. The Morgan fingerprint density at radius 3 is 2.71 bits per heavy atom. The maximum atomic E-state index is 14.0. The second-order valence-electron chi connectivity index (χ2n) is 7.69. The van der Waals surface area contributed by atoms with E-state index in [9.17, 15) is 9.18 Å². The molecule has 2 aromatic carbocycles. The fourth-order valence-corrected chi connectivity index (χ4v) is 4.20. The largest absolute Gasteiger partial charge is 0.340 e. The van der Waals surface area contributed by atoms with Crippen LogP contribution in [0.15, 0.2) is 54.6 Å². The maximum Gasteiger partial charge on any atom is 0.270 e. The summed E-state index contributed by atoms with van der Waals surface area (Å²) in [5.41, 5.74) is 2.48. The Morgan fingerprint density at radius 2 is 1.93 bits per heavy atom. The molecule has 2 heterocycles. The number of carbonyl (C=O) groups excluding carboxylic acids is 1. The molecule has 0 saturated carbocycles. The van der Waals surface area contributed by atoms with Gasteiger partial charge in [0.15, 0.2) is 0 Å². The molecule has 0 spiro atoms. The summed E-state index contributed by atoms with van der Waals surface area (Å²) in [5, 5.41) is 1.08. The van der Waals surface area contributed by atoms with E-state index >= 15 is 0 Å². The van der Waals surface area contributed by atoms with Crippen molar-refractivity contribution in [1.29, 1.82) is 0 Å². The Morgan fingerprint density at radius 1 is 1.18 bits per heavy atom. The van der Waals surface area contributed by atoms with Crippen molar-refractivity contribution in [1.82, 2.24) is 14.4 Å². The first-order valence-corrected chi connectivity index (χ1v) is 9.82. The molecule has 0 aliphatic carbocycles. The van der Waals surface area contributed by atoms with Gasteiger partial charge < -0.3 is 9.47 Å². The van der Waals surface area contributed by atoms with E-state index in [1.54, 1.807) is 6.07 Å². The quantitative estimate of drug-likeness (QED) is 0.684. The Labute approximate surface area is 165 Å². The minimum absolute atomic E-state index is 0.0384. The molecule has 1 atom stereocenters. The van der Waals surface area contributed by atoms with Crippen LogP contribution in [0.1, 0.15) is 28.9 Å². The first-order valence-electron chi connectivity index (χ1n) is 9.82. The van der Waals surface area contributed by atoms with E-state index < -0.39 is 0 Å². The summed E-state index contributed by atoms with van der Waals surface area (Å²) in [4.78, 5) is 17.3. The number of piperidine rings is 1. The molecule has 1 amide bonds. The molecule has 146 valence electrons. The summed E-state index contributed by atoms with van der Waals surface area (Å²) in [6.07, 6.45) is 1.98. The average Bonchev–Trinajstić information content (AvgIpc) is 3.06. The van der Waals surface area contributed by atoms with Gasteiger partial charge in [0.2, 0.25) is 0 Å². The number of benzene rings is 2. The minimum atomic E-state index is -0.162. The third kappa shape index (κ3) is 3.54. The van der Waals surface area contributed by atoms with E-state index in [1.165, 1.54) is 6.07 Å². The highest BCUT2D eigenvalue weighted by Crippen LogP contribution is 2.23. The fraction of sp³-hybridized carbons (Fsp3) is 0.348. The number of likely N-dealkylation sites (tertiary alicyclic amines) is 1. The monoisotopic (exact) mass is 379 g/mol. The molecule has 4 rings (SSSR count). The molecular formula is C23H26FN3O. The number of carbonyl (C=O) groups is 1. The molecule has 0 bridgehead atoms. The standard InChI is InChI=1S/C23H26FN3O/c1-25(23(28)22-14-17-8-4-6-12-21(17)26(22)2)19-10-7-13-27(16-19)15-18-9-3-5-11-20(18)24/h3-6,8-9,11-12,14,19H,7,10,13,15-16H2,1-2H3/t19-/m1/s1. The number of hydrogen-bond acceptors (Lipinski definition) is 2. The lowest BCUT2D eigenvalue weighted by atomic mass is 10.0. The van der Waals surface area contributed by atoms with Gasteiger partial charge in [-0.3, -0.25) is 9.69 Å². The Hall–Kier alpha value is -2.66. The van der Waals surface area contributed by atoms with Crippen LogP contribution in [0.25, 0.3) is 10.9 Å². The zero-order valence-corrected chi connectivity index (χ0v) is 16.4. The van der Waals surface area contributed by atoms with Crippen LogP contribution >= 0.6 is 0 Å². The minimum Gasteiger partial charge on any atom is -0.340 e. The van der Waals surface area contributed by atoms with Gasteiger partial charge in [0.1, 0.15) is 11.5 Å². The molecule has 1 saturated heterocycles. The van der Waals surface area contributed by atoms with Gasteiger partial charge in [-0.25, -0.2) is 4.39 Å². The van der Waals surface area contributed by atoms with Crippen molar-refractivity contribution < 1.29 is 9.18 Å². The summed E-state index contributed by atoms with van der Waals surface area (Å²) < 4.78 is 16.0. The topological polar surface area (TPSA) is 28.5 Å². The lowest BCUT2D eigenvalue weighted by Gasteiger charge is -2.37. The molecule has 5 heteroatoms. The van der Waals surface area contributed by atoms with Crippen molar-refractivity contribution in [3.8, 4) is 0 Å². The van der Waals surface area contributed by atoms with E-state index in [4.69, 9.17) is 0 Å². The second-order valence-corrected chi connectivity index (χ2v) is 7.69. The maximum absolute atomic E-state index is 14.0. The molecular weight excluding hydrogens is 353 g/mol. The van der Waals surface area contributed by atoms with Gasteiger partial charge in [0.05, 0.1) is 0 Å². The average molecular weight is 379 g/mol. The van der Waals surface area contributed by atoms with Crippen molar-refractivity contribution in [2.24, 2.45) is 7.05 Å². The normalized spacial score (nSPS) is 17.8. The highest BCUT2D eigenvalue weighted by Gasteiger charge is 2.28. The van der Waals surface area contributed by atoms with E-state index in [0.29, 0.717) is 17.8 Å². The molecule has 28 heavy (non-hydrogen) atoms. The van der Waals surface area contributed by atoms with Crippen LogP contribution in [0.4, 0.5) is 4.39 Å². The van der Waals surface area contributed by atoms with Crippen LogP contribution in [-0.4, -0.2) is 46.5 Å². The first-order chi connectivity index (χ1) is 13.5. The van der Waals surface area contributed by atoms with E-state index in [2.05, 4.69) is 4.90 Å². The predicted octanol–water partition coefficient (Wildman–Crippen LogP) is 4.05. The molecule has 0 N–H and O–H groups in total. The van der Waals surface area contributed by atoms with Gasteiger partial charge >= 0.3 is 0 Å². The number of nitrogens with zero attached hydrogens (tertiary/aromatic N) is 3. The number of aromatic nitrogens is 1. The van der Waals surface area contributed by atoms with Crippen molar-refractivity contribution >= 4 is 16.8 Å². The smallest absolute Gasteiger partial charge is 0.270 e. The lowest BCUT2D eigenvalue weighted by Crippen LogP contribution is -2.48. The summed E-state index contributed by atoms with van der Waals surface area (Å²) >= 11 is 0. The molecule has 1 aromatic heterocycles. The molecule has 4 nitrogen and oxygen atoms in total. The van der Waals surface area contributed by atoms with Gasteiger partial charge in [0, 0.05) is 49.7 Å². The van der Waals surface area contributed by atoms with Gasteiger partial charge in [0.25, 0.3) is 5.91 Å². The molecule has 1 fully saturated rings. The molecule has 3 aromatic rings. The number of hydrogen-bond donors (Lipinski definition) is 0. The van der Waals surface area contributed by atoms with Crippen LogP contribution in [0.2, 0.25) is 0 Å². The Kier molecular flexibility index (Phi) is 5.18. The van der Waals surface area contributed by atoms with Gasteiger partial charge in [-0.1, -0.05) is 36.4 Å². The second kappa shape index (κ2) is 7.76. The van der Waals surface area contributed by atoms with Gasteiger partial charge in [-0.2, -0.15) is 0 Å². The number of para-hydroxylation sites is 1. The number of fused-ring (bicyclic) bond motifs is 1. The van der Waals surface area contributed by atoms with Gasteiger partial charge in [-0.15, -0.1) is 0 Å². The van der Waals surface area contributed by atoms with Gasteiger partial charge in [-0.05, 0) is 37.6 Å². The van der Waals surface area contributed by atoms with E-state index in [0.717, 1.165) is 36.8 Å². The zero-order valence-electron chi connectivity index (χ0n) is 16.4. The van der Waals surface area contributed by atoms with Crippen LogP contribution in [0, 0.1) is 5.82 Å². The van der Waals surface area contributed by atoms with Crippen molar-refractivity contribution in [3.05, 3.63) is 71.7 Å². The number of likely N-dealkylation sites (N-methyl/N-ethyl adjacent to an activating group) is 1. The lowest BCUT2D eigenvalue weighted by molar-refractivity contribution is 0.0599. The number of halogens is 1. The van der Waals surface area contributed by atoms with Crippen molar-refractivity contribution in [2.75, 3.05) is 20.1 Å². The van der Waals surface area contributed by atoms with Crippen LogP contribution in [-0.2, 0) is 13.6 Å². The Balaban J connectivity index is 1.49. The zero-order chi connectivity index (χ0) is 19.7. The molecule has 0 unspecified atom stereocenters. The highest BCUT2D eigenvalue weighted by atomic mass is 19.1. The predicted molar refractivity (Wildman–Crippen MR) is 110 cm³/mol. The Bertz CT molecular complexity index is 996. The summed E-state index contributed by atoms with van der Waals surface area (Å²) in [5.74, 6) is -0.124. The summed E-state index contributed by atoms with van der Waals surface area (Å²) in [6.45, 7) is 2.28. The third-order valence-corrected chi connectivity index (χ3v) is 5.87. The SMILES string of the molecule is CN(C(=O)c1cc2ccccc2n1C)[C@@H]1CCCN(Cc2ccccc2F)C1. The van der Waals surface area contributed by atoms with Crippen molar-refractivity contribution in [3.63, 3.8) is 0 Å². The van der Waals surface area contributed by atoms with Crippen LogP contribution < -0.4 is 0 Å². The molecule has 0 radical (unpaired) electrons. The fourth-order valence-electron chi connectivity index (χ4n) is 4.20. The number of amides is 1. The van der Waals surface area contributed by atoms with Crippen LogP contribution in [0.5, 0.6) is 0 Å². The highest BCUT2D eigenvalue weighted by molar-refractivity contribution is 5.98. The molecule has 1 aliphatic rings. The molecule has 1 aliphatic heterocycles. The third-order valence-electron chi connectivity index (χ3n) is 5.87. The van der Waals surface area contributed by atoms with Crippen molar-refractivity contribution in [2.45, 2.75) is 25.4 Å². The van der Waals surface area contributed by atoms with E-state index in [1.807, 2.05) is 66.0 Å². The summed E-state index contributed by atoms with van der Waals surface area (Å²) in [6, 6.07) is 17.1. The van der Waals surface area contributed by atoms with Crippen LogP contribution in [0.3, 0.4) is 0 Å². The van der Waals surface area contributed by atoms with E-state index in [-0.39, 0.29) is 17.8 Å².